The maximum Gasteiger partial charge on any atom is 0.220 e. The van der Waals surface area contributed by atoms with Crippen LogP contribution in [0.5, 0.6) is 5.75 Å². The first-order valence-electron chi connectivity index (χ1n) is 7.92. The van der Waals surface area contributed by atoms with Crippen molar-refractivity contribution in [2.75, 3.05) is 6.54 Å². The Labute approximate surface area is 132 Å². The second-order valence-corrected chi connectivity index (χ2v) is 6.03. The molecule has 2 rings (SSSR count). The molecule has 0 bridgehead atoms. The van der Waals surface area contributed by atoms with Gasteiger partial charge in [-0.15, -0.1) is 0 Å². The van der Waals surface area contributed by atoms with Crippen LogP contribution in [0.3, 0.4) is 0 Å². The smallest absolute Gasteiger partial charge is 0.220 e. The molecule has 2 atom stereocenters. The molecule has 0 aliphatic heterocycles. The molecule has 1 amide bonds. The van der Waals surface area contributed by atoms with Gasteiger partial charge in [0.05, 0.1) is 12.2 Å². The molecule has 0 saturated heterocycles. The molecular formula is C18H25NO3. The van der Waals surface area contributed by atoms with E-state index in [0.29, 0.717) is 12.3 Å². The minimum Gasteiger partial charge on any atom is -0.491 e. The van der Waals surface area contributed by atoms with Gasteiger partial charge >= 0.3 is 0 Å². The Morgan fingerprint density at radius 1 is 1.36 bits per heavy atom. The summed E-state index contributed by atoms with van der Waals surface area (Å²) in [5, 5.41) is 12.9. The lowest BCUT2D eigenvalue weighted by Crippen LogP contribution is -2.29. The van der Waals surface area contributed by atoms with Gasteiger partial charge in [-0.2, -0.15) is 0 Å². The Hall–Kier alpha value is -1.81. The van der Waals surface area contributed by atoms with Crippen molar-refractivity contribution >= 4 is 5.91 Å². The lowest BCUT2D eigenvalue weighted by Gasteiger charge is -2.15. The molecule has 0 saturated carbocycles. The monoisotopic (exact) mass is 303 g/mol. The summed E-state index contributed by atoms with van der Waals surface area (Å²) in [5.41, 5.74) is 0.775. The summed E-state index contributed by atoms with van der Waals surface area (Å²) < 4.78 is 5.56. The molecule has 22 heavy (non-hydrogen) atoms. The van der Waals surface area contributed by atoms with Crippen LogP contribution in [0.15, 0.2) is 36.4 Å². The van der Waals surface area contributed by atoms with Crippen molar-refractivity contribution < 1.29 is 14.6 Å². The number of amides is 1. The van der Waals surface area contributed by atoms with E-state index in [2.05, 4.69) is 17.5 Å². The predicted octanol–water partition coefficient (Wildman–Crippen LogP) is 2.98. The van der Waals surface area contributed by atoms with Gasteiger partial charge in [0.1, 0.15) is 5.75 Å². The number of ether oxygens (including phenoxy) is 1. The molecule has 1 aliphatic carbocycles. The molecule has 1 aliphatic rings. The third-order valence-electron chi connectivity index (χ3n) is 3.69. The lowest BCUT2D eigenvalue weighted by atomic mass is 10.0. The van der Waals surface area contributed by atoms with E-state index in [1.807, 2.05) is 38.1 Å². The Kier molecular flexibility index (Phi) is 6.01. The summed E-state index contributed by atoms with van der Waals surface area (Å²) in [4.78, 5) is 11.8. The fraction of sp³-hybridized carbons (Fsp3) is 0.500. The van der Waals surface area contributed by atoms with Gasteiger partial charge in [-0.1, -0.05) is 24.3 Å². The second kappa shape index (κ2) is 7.99. The number of rotatable bonds is 7. The number of nitrogens with one attached hydrogen (secondary N) is 1. The van der Waals surface area contributed by atoms with Gasteiger partial charge in [0.2, 0.25) is 5.91 Å². The number of carbonyl (C=O) groups excluding carboxylic acids is 1. The summed E-state index contributed by atoms with van der Waals surface area (Å²) in [6.07, 6.45) is 6.26. The molecule has 1 aromatic rings. The van der Waals surface area contributed by atoms with Gasteiger partial charge in [0.15, 0.2) is 0 Å². The normalized spacial score (nSPS) is 18.5. The van der Waals surface area contributed by atoms with Gasteiger partial charge in [-0.05, 0) is 50.3 Å². The maximum atomic E-state index is 11.8. The Morgan fingerprint density at radius 2 is 2.09 bits per heavy atom. The molecule has 0 radical (unpaired) electrons. The van der Waals surface area contributed by atoms with Crippen molar-refractivity contribution in [1.29, 1.82) is 0 Å². The number of allylic oxidation sites excluding steroid dienone is 2. The highest BCUT2D eigenvalue weighted by atomic mass is 16.5. The van der Waals surface area contributed by atoms with E-state index in [1.54, 1.807) is 0 Å². The van der Waals surface area contributed by atoms with Crippen molar-refractivity contribution in [3.63, 3.8) is 0 Å². The summed E-state index contributed by atoms with van der Waals surface area (Å²) in [5.74, 6) is 1.13. The Balaban J connectivity index is 1.77. The highest BCUT2D eigenvalue weighted by Crippen LogP contribution is 2.21. The topological polar surface area (TPSA) is 58.6 Å². The largest absolute Gasteiger partial charge is 0.491 e. The van der Waals surface area contributed by atoms with Crippen LogP contribution in [0.25, 0.3) is 0 Å². The predicted molar refractivity (Wildman–Crippen MR) is 86.7 cm³/mol. The standard InChI is InChI=1S/C18H25NO3/c1-13(2)22-16-9-7-15(8-10-16)17(20)12-19-18(21)11-14-5-3-4-6-14/h3,5,7-10,13-14,17,20H,4,6,11-12H2,1-2H3,(H,19,21)/t14-,17+/m1/s1. The first-order chi connectivity index (χ1) is 10.5. The third-order valence-corrected chi connectivity index (χ3v) is 3.69. The zero-order valence-corrected chi connectivity index (χ0v) is 13.3. The highest BCUT2D eigenvalue weighted by Gasteiger charge is 2.15. The van der Waals surface area contributed by atoms with Crippen LogP contribution < -0.4 is 10.1 Å². The van der Waals surface area contributed by atoms with Crippen LogP contribution in [-0.4, -0.2) is 23.7 Å². The number of aliphatic hydroxyl groups is 1. The molecule has 0 fully saturated rings. The van der Waals surface area contributed by atoms with Gasteiger partial charge < -0.3 is 15.2 Å². The average Bonchev–Trinajstić information content (AvgIpc) is 2.98. The number of carbonyl (C=O) groups is 1. The molecular weight excluding hydrogens is 278 g/mol. The minimum atomic E-state index is -0.698. The van der Waals surface area contributed by atoms with E-state index in [-0.39, 0.29) is 18.6 Å². The van der Waals surface area contributed by atoms with E-state index >= 15 is 0 Å². The highest BCUT2D eigenvalue weighted by molar-refractivity contribution is 5.76. The molecule has 4 heteroatoms. The summed E-state index contributed by atoms with van der Waals surface area (Å²) in [6.45, 7) is 4.18. The second-order valence-electron chi connectivity index (χ2n) is 6.03. The summed E-state index contributed by atoms with van der Waals surface area (Å²) in [7, 11) is 0. The zero-order chi connectivity index (χ0) is 15.9. The van der Waals surface area contributed by atoms with Crippen LogP contribution >= 0.6 is 0 Å². The molecule has 0 spiro atoms. The zero-order valence-electron chi connectivity index (χ0n) is 13.3. The SMILES string of the molecule is CC(C)Oc1ccc([C@@H](O)CNC(=O)C[C@@H]2C=CCC2)cc1. The van der Waals surface area contributed by atoms with E-state index in [0.717, 1.165) is 24.2 Å². The number of hydrogen-bond donors (Lipinski definition) is 2. The lowest BCUT2D eigenvalue weighted by molar-refractivity contribution is -0.122. The van der Waals surface area contributed by atoms with Crippen LogP contribution in [-0.2, 0) is 4.79 Å². The van der Waals surface area contributed by atoms with Gasteiger partial charge in [0.25, 0.3) is 0 Å². The number of benzene rings is 1. The molecule has 0 unspecified atom stereocenters. The van der Waals surface area contributed by atoms with Crippen LogP contribution in [0.2, 0.25) is 0 Å². The van der Waals surface area contributed by atoms with Gasteiger partial charge in [-0.3, -0.25) is 4.79 Å². The first-order valence-corrected chi connectivity index (χ1v) is 7.92. The van der Waals surface area contributed by atoms with Crippen LogP contribution in [0.1, 0.15) is 44.8 Å². The molecule has 0 heterocycles. The molecule has 1 aromatic carbocycles. The fourth-order valence-corrected chi connectivity index (χ4v) is 2.54. The summed E-state index contributed by atoms with van der Waals surface area (Å²) >= 11 is 0. The van der Waals surface area contributed by atoms with Gasteiger partial charge in [0, 0.05) is 13.0 Å². The first kappa shape index (κ1) is 16.6. The number of aliphatic hydroxyl groups excluding tert-OH is 1. The van der Waals surface area contributed by atoms with Gasteiger partial charge in [-0.25, -0.2) is 0 Å². The van der Waals surface area contributed by atoms with Crippen molar-refractivity contribution in [2.24, 2.45) is 5.92 Å². The van der Waals surface area contributed by atoms with Crippen molar-refractivity contribution in [3.05, 3.63) is 42.0 Å². The third kappa shape index (κ3) is 5.19. The minimum absolute atomic E-state index is 0.00430. The van der Waals surface area contributed by atoms with E-state index in [9.17, 15) is 9.90 Å². The molecule has 4 nitrogen and oxygen atoms in total. The fourth-order valence-electron chi connectivity index (χ4n) is 2.54. The molecule has 2 N–H and O–H groups in total. The van der Waals surface area contributed by atoms with Crippen molar-refractivity contribution in [3.8, 4) is 5.75 Å². The molecule has 0 aromatic heterocycles. The number of hydrogen-bond acceptors (Lipinski definition) is 3. The molecule has 120 valence electrons. The Morgan fingerprint density at radius 3 is 2.68 bits per heavy atom. The maximum absolute atomic E-state index is 11.8. The van der Waals surface area contributed by atoms with E-state index in [1.165, 1.54) is 0 Å². The van der Waals surface area contributed by atoms with Crippen LogP contribution in [0, 0.1) is 5.92 Å². The Bertz CT molecular complexity index is 508. The quantitative estimate of drug-likeness (QED) is 0.761. The van der Waals surface area contributed by atoms with Crippen LogP contribution in [0.4, 0.5) is 0 Å². The average molecular weight is 303 g/mol. The van der Waals surface area contributed by atoms with Crippen molar-refractivity contribution in [2.45, 2.75) is 45.3 Å². The van der Waals surface area contributed by atoms with E-state index < -0.39 is 6.10 Å². The van der Waals surface area contributed by atoms with E-state index in [4.69, 9.17) is 4.74 Å². The summed E-state index contributed by atoms with van der Waals surface area (Å²) in [6, 6.07) is 7.33. The van der Waals surface area contributed by atoms with Crippen molar-refractivity contribution in [1.82, 2.24) is 5.32 Å².